The third-order valence-electron chi connectivity index (χ3n) is 9.60. The van der Waals surface area contributed by atoms with Crippen molar-refractivity contribution in [1.82, 2.24) is 25.3 Å². The lowest BCUT2D eigenvalue weighted by molar-refractivity contribution is -0.136. The molecule has 3 heterocycles. The molecule has 0 radical (unpaired) electrons. The molecule has 2 aromatic rings. The molecular weight excluding hydrogens is 541 g/mol. The van der Waals surface area contributed by atoms with Crippen LogP contribution in [0.5, 0.6) is 0 Å². The summed E-state index contributed by atoms with van der Waals surface area (Å²) in [6, 6.07) is 15.0. The number of nitrogens with zero attached hydrogens (tertiary/aromatic N) is 3. The lowest BCUT2D eigenvalue weighted by Crippen LogP contribution is -2.54. The van der Waals surface area contributed by atoms with Gasteiger partial charge in [-0.05, 0) is 80.9 Å². The van der Waals surface area contributed by atoms with Gasteiger partial charge in [0.15, 0.2) is 0 Å². The zero-order valence-electron chi connectivity index (χ0n) is 26.4. The third kappa shape index (κ3) is 7.83. The number of carbonyl (C=O) groups excluding carboxylic acids is 2. The van der Waals surface area contributed by atoms with Crippen LogP contribution in [0.25, 0.3) is 0 Å². The lowest BCUT2D eigenvalue weighted by atomic mass is 9.90. The van der Waals surface area contributed by atoms with Crippen LogP contribution < -0.4 is 10.6 Å². The van der Waals surface area contributed by atoms with Gasteiger partial charge in [-0.15, -0.1) is 0 Å². The van der Waals surface area contributed by atoms with Gasteiger partial charge in [0.2, 0.25) is 11.8 Å². The topological polar surface area (TPSA) is 67.9 Å². The Balaban J connectivity index is 1.30. The van der Waals surface area contributed by atoms with Crippen LogP contribution in [0.2, 0.25) is 0 Å². The number of nitrogens with one attached hydrogen (secondary N) is 2. The van der Waals surface area contributed by atoms with Crippen LogP contribution in [0.4, 0.5) is 4.39 Å². The smallest absolute Gasteiger partial charge is 0.245 e. The van der Waals surface area contributed by atoms with Crippen LogP contribution in [-0.4, -0.2) is 89.9 Å². The average Bonchev–Trinajstić information content (AvgIpc) is 3.50. The molecule has 2 N–H and O–H groups in total. The first kappa shape index (κ1) is 31.6. The Bertz CT molecular complexity index is 1230. The van der Waals surface area contributed by atoms with Gasteiger partial charge < -0.3 is 20.4 Å². The van der Waals surface area contributed by atoms with E-state index in [0.717, 1.165) is 62.1 Å². The summed E-state index contributed by atoms with van der Waals surface area (Å²) in [7, 11) is 0. The Kier molecular flexibility index (Phi) is 10.5. The second kappa shape index (κ2) is 14.3. The second-order valence-electron chi connectivity index (χ2n) is 13.5. The molecule has 0 saturated carbocycles. The molecule has 0 spiro atoms. The molecule has 0 aromatic heterocycles. The third-order valence-corrected chi connectivity index (χ3v) is 9.60. The summed E-state index contributed by atoms with van der Waals surface area (Å²) in [6.45, 7) is 15.0. The predicted octanol–water partition coefficient (Wildman–Crippen LogP) is 4.17. The van der Waals surface area contributed by atoms with E-state index in [-0.39, 0.29) is 23.5 Å². The van der Waals surface area contributed by atoms with Crippen molar-refractivity contribution in [2.45, 2.75) is 90.0 Å². The number of rotatable bonds is 10. The molecule has 3 aliphatic heterocycles. The molecule has 2 amide bonds. The summed E-state index contributed by atoms with van der Waals surface area (Å²) in [4.78, 5) is 35.1. The fraction of sp³-hybridized carbons (Fsp3) is 0.600. The van der Waals surface area contributed by atoms with Crippen LogP contribution in [0.15, 0.2) is 48.5 Å². The van der Waals surface area contributed by atoms with E-state index in [1.165, 1.54) is 12.1 Å². The highest BCUT2D eigenvalue weighted by atomic mass is 19.1. The highest BCUT2D eigenvalue weighted by molar-refractivity contribution is 5.91. The second-order valence-corrected chi connectivity index (χ2v) is 13.5. The normalized spacial score (nSPS) is 22.3. The SMILES string of the molecule is CC(C)CN(C1CCN(C(C)C)CC1)[C@H]1CCN(C(=O)[C@@H](Cc2ccc(F)cc2)NC(=O)[C@@H]2CNCc3ccccc32)C1. The number of amides is 2. The molecule has 3 atom stereocenters. The fourth-order valence-corrected chi connectivity index (χ4v) is 7.24. The Morgan fingerprint density at radius 1 is 0.977 bits per heavy atom. The van der Waals surface area contributed by atoms with E-state index in [4.69, 9.17) is 0 Å². The summed E-state index contributed by atoms with van der Waals surface area (Å²) in [5.41, 5.74) is 2.96. The van der Waals surface area contributed by atoms with Crippen LogP contribution in [-0.2, 0) is 22.6 Å². The van der Waals surface area contributed by atoms with Gasteiger partial charge in [0.05, 0.1) is 5.92 Å². The fourth-order valence-electron chi connectivity index (χ4n) is 7.24. The van der Waals surface area contributed by atoms with Crippen molar-refractivity contribution < 1.29 is 14.0 Å². The Hall–Kier alpha value is -2.81. The standard InChI is InChI=1S/C35H50FN5O2/c1-24(2)22-41(29-13-16-39(17-14-29)25(3)4)30-15-18-40(23-30)35(43)33(19-26-9-11-28(36)12-10-26)38-34(42)32-21-37-20-27-7-5-6-8-31(27)32/h5-12,24-25,29-30,32-33,37H,13-23H2,1-4H3,(H,38,42)/t30-,32+,33+/m0/s1. The molecule has 0 aliphatic carbocycles. The van der Waals surface area contributed by atoms with E-state index >= 15 is 0 Å². The molecule has 2 saturated heterocycles. The minimum Gasteiger partial charge on any atom is -0.343 e. The molecule has 3 aliphatic rings. The van der Waals surface area contributed by atoms with Gasteiger partial charge in [-0.3, -0.25) is 14.5 Å². The van der Waals surface area contributed by atoms with Gasteiger partial charge in [-0.2, -0.15) is 0 Å². The first-order valence-corrected chi connectivity index (χ1v) is 16.3. The van der Waals surface area contributed by atoms with E-state index in [0.29, 0.717) is 50.1 Å². The van der Waals surface area contributed by atoms with Gasteiger partial charge in [0.1, 0.15) is 11.9 Å². The van der Waals surface area contributed by atoms with Gasteiger partial charge in [-0.1, -0.05) is 50.2 Å². The predicted molar refractivity (Wildman–Crippen MR) is 169 cm³/mol. The summed E-state index contributed by atoms with van der Waals surface area (Å²) in [5.74, 6) is -0.318. The highest BCUT2D eigenvalue weighted by Gasteiger charge is 2.38. The van der Waals surface area contributed by atoms with Crippen molar-refractivity contribution in [2.24, 2.45) is 5.92 Å². The number of halogens is 1. The van der Waals surface area contributed by atoms with E-state index < -0.39 is 6.04 Å². The minimum absolute atomic E-state index is 0.0450. The number of hydrogen-bond donors (Lipinski definition) is 2. The largest absolute Gasteiger partial charge is 0.343 e. The van der Waals surface area contributed by atoms with Crippen LogP contribution in [0.3, 0.4) is 0 Å². The van der Waals surface area contributed by atoms with Crippen molar-refractivity contribution in [2.75, 3.05) is 39.3 Å². The number of fused-ring (bicyclic) bond motifs is 1. The van der Waals surface area contributed by atoms with Crippen molar-refractivity contribution in [3.8, 4) is 0 Å². The van der Waals surface area contributed by atoms with E-state index in [1.54, 1.807) is 12.1 Å². The van der Waals surface area contributed by atoms with Gasteiger partial charge in [-0.25, -0.2) is 4.39 Å². The molecule has 234 valence electrons. The molecule has 8 heteroatoms. The van der Waals surface area contributed by atoms with Crippen LogP contribution in [0, 0.1) is 11.7 Å². The summed E-state index contributed by atoms with van der Waals surface area (Å²) in [6.07, 6.45) is 3.60. The summed E-state index contributed by atoms with van der Waals surface area (Å²) in [5, 5.41) is 6.49. The maximum absolute atomic E-state index is 14.2. The number of hydrogen-bond acceptors (Lipinski definition) is 5. The Morgan fingerprint density at radius 2 is 1.67 bits per heavy atom. The summed E-state index contributed by atoms with van der Waals surface area (Å²) < 4.78 is 13.7. The summed E-state index contributed by atoms with van der Waals surface area (Å²) >= 11 is 0. The molecule has 0 bridgehead atoms. The number of likely N-dealkylation sites (tertiary alicyclic amines) is 2. The molecular formula is C35H50FN5O2. The van der Waals surface area contributed by atoms with Gasteiger partial charge in [0.25, 0.3) is 0 Å². The maximum atomic E-state index is 14.2. The Labute approximate surface area is 257 Å². The lowest BCUT2D eigenvalue weighted by Gasteiger charge is -2.43. The molecule has 0 unspecified atom stereocenters. The first-order chi connectivity index (χ1) is 20.7. The quantitative estimate of drug-likeness (QED) is 0.434. The van der Waals surface area contributed by atoms with Crippen molar-refractivity contribution in [3.05, 3.63) is 71.0 Å². The minimum atomic E-state index is -0.710. The van der Waals surface area contributed by atoms with Crippen molar-refractivity contribution >= 4 is 11.8 Å². The monoisotopic (exact) mass is 591 g/mol. The van der Waals surface area contributed by atoms with Gasteiger partial charge >= 0.3 is 0 Å². The zero-order chi connectivity index (χ0) is 30.5. The van der Waals surface area contributed by atoms with Crippen LogP contribution in [0.1, 0.15) is 69.6 Å². The molecule has 5 rings (SSSR count). The van der Waals surface area contributed by atoms with Gasteiger partial charge in [0, 0.05) is 57.3 Å². The zero-order valence-corrected chi connectivity index (χ0v) is 26.4. The van der Waals surface area contributed by atoms with E-state index in [9.17, 15) is 14.0 Å². The van der Waals surface area contributed by atoms with Crippen LogP contribution >= 0.6 is 0 Å². The number of carbonyl (C=O) groups is 2. The van der Waals surface area contributed by atoms with E-state index in [1.807, 2.05) is 29.2 Å². The Morgan fingerprint density at radius 3 is 2.37 bits per heavy atom. The van der Waals surface area contributed by atoms with E-state index in [2.05, 4.69) is 48.1 Å². The highest BCUT2D eigenvalue weighted by Crippen LogP contribution is 2.28. The molecule has 2 aromatic carbocycles. The molecule has 43 heavy (non-hydrogen) atoms. The van der Waals surface area contributed by atoms with Crippen molar-refractivity contribution in [1.29, 1.82) is 0 Å². The number of piperidine rings is 1. The maximum Gasteiger partial charge on any atom is 0.245 e. The average molecular weight is 592 g/mol. The molecule has 2 fully saturated rings. The number of benzene rings is 2. The molecule has 7 nitrogen and oxygen atoms in total. The van der Waals surface area contributed by atoms with Crippen molar-refractivity contribution in [3.63, 3.8) is 0 Å². The first-order valence-electron chi connectivity index (χ1n) is 16.3.